The Balaban J connectivity index is 1.97. The number of para-hydroxylation sites is 1. The smallest absolute Gasteiger partial charge is 0.339 e. The Kier molecular flexibility index (Phi) is 4.68. The molecule has 3 rings (SSSR count). The third-order valence-electron chi connectivity index (χ3n) is 3.88. The van der Waals surface area contributed by atoms with Crippen molar-refractivity contribution in [3.63, 3.8) is 0 Å². The van der Waals surface area contributed by atoms with E-state index >= 15 is 0 Å². The van der Waals surface area contributed by atoms with Crippen molar-refractivity contribution in [1.29, 1.82) is 0 Å². The fraction of sp³-hybridized carbons (Fsp3) is 0.250. The molecule has 0 bridgehead atoms. The summed E-state index contributed by atoms with van der Waals surface area (Å²) in [7, 11) is 0. The minimum atomic E-state index is -0.539. The predicted octanol–water partition coefficient (Wildman–Crippen LogP) is 4.74. The van der Waals surface area contributed by atoms with Crippen LogP contribution in [0, 0.1) is 5.41 Å². The van der Waals surface area contributed by atoms with Gasteiger partial charge in [-0.2, -0.15) is 0 Å². The Morgan fingerprint density at radius 2 is 1.88 bits per heavy atom. The van der Waals surface area contributed by atoms with Crippen LogP contribution in [0.25, 0.3) is 21.5 Å². The third kappa shape index (κ3) is 3.77. The molecule has 0 amide bonds. The number of nitrogens with zero attached hydrogens (tertiary/aromatic N) is 1. The molecule has 25 heavy (non-hydrogen) atoms. The summed E-state index contributed by atoms with van der Waals surface area (Å²) in [5.74, 6) is -0.619. The maximum absolute atomic E-state index is 12.6. The number of aromatic nitrogens is 1. The molecule has 0 saturated carbocycles. The van der Waals surface area contributed by atoms with Crippen LogP contribution < -0.4 is 0 Å². The fourth-order valence-electron chi connectivity index (χ4n) is 2.32. The number of ketones is 1. The molecule has 2 aromatic heterocycles. The normalized spacial score (nSPS) is 11.5. The number of hydrogen-bond acceptors (Lipinski definition) is 5. The molecule has 0 spiro atoms. The van der Waals surface area contributed by atoms with Crippen LogP contribution in [0.1, 0.15) is 31.1 Å². The third-order valence-corrected chi connectivity index (χ3v) is 4.77. The Labute approximate surface area is 150 Å². The topological polar surface area (TPSA) is 56.3 Å². The van der Waals surface area contributed by atoms with Gasteiger partial charge in [0, 0.05) is 10.8 Å². The van der Waals surface area contributed by atoms with Crippen LogP contribution in [-0.2, 0) is 9.53 Å². The highest BCUT2D eigenvalue weighted by Gasteiger charge is 2.23. The molecule has 0 atom stereocenters. The first-order valence-corrected chi connectivity index (χ1v) is 8.88. The molecule has 128 valence electrons. The number of rotatable bonds is 4. The van der Waals surface area contributed by atoms with Crippen LogP contribution in [0.4, 0.5) is 0 Å². The van der Waals surface area contributed by atoms with Gasteiger partial charge in [-0.15, -0.1) is 11.3 Å². The number of ether oxygens (including phenoxy) is 1. The number of esters is 1. The Morgan fingerprint density at radius 1 is 1.12 bits per heavy atom. The highest BCUT2D eigenvalue weighted by atomic mass is 32.1. The molecular weight excluding hydrogens is 334 g/mol. The summed E-state index contributed by atoms with van der Waals surface area (Å²) >= 11 is 1.56. The van der Waals surface area contributed by atoms with Crippen molar-refractivity contribution in [3.8, 4) is 10.6 Å². The summed E-state index contributed by atoms with van der Waals surface area (Å²) in [6.07, 6.45) is 0. The fourth-order valence-corrected chi connectivity index (χ4v) is 3.01. The molecule has 0 radical (unpaired) electrons. The summed E-state index contributed by atoms with van der Waals surface area (Å²) in [5.41, 5.74) is 1.34. The second-order valence-corrected chi connectivity index (χ2v) is 7.75. The van der Waals surface area contributed by atoms with E-state index in [1.807, 2.05) is 41.8 Å². The predicted molar refractivity (Wildman–Crippen MR) is 99.8 cm³/mol. The summed E-state index contributed by atoms with van der Waals surface area (Å²) in [6, 6.07) is 13.1. The Bertz CT molecular complexity index is 924. The quantitative estimate of drug-likeness (QED) is 0.636. The molecule has 5 heteroatoms. The lowest BCUT2D eigenvalue weighted by molar-refractivity contribution is -0.129. The maximum atomic E-state index is 12.6. The van der Waals surface area contributed by atoms with Gasteiger partial charge < -0.3 is 4.74 Å². The molecule has 0 aliphatic carbocycles. The van der Waals surface area contributed by atoms with Gasteiger partial charge in [0.2, 0.25) is 0 Å². The average Bonchev–Trinajstić information content (AvgIpc) is 3.12. The standard InChI is InChI=1S/C20H19NO3S/c1-20(2,3)18(22)12-24-19(23)14-11-16(17-9-6-10-25-17)21-15-8-5-4-7-13(14)15/h4-11H,12H2,1-3H3. The van der Waals surface area contributed by atoms with Crippen molar-refractivity contribution >= 4 is 34.0 Å². The van der Waals surface area contributed by atoms with Crippen molar-refractivity contribution in [2.45, 2.75) is 20.8 Å². The average molecular weight is 353 g/mol. The number of carbonyl (C=O) groups is 2. The number of thiophene rings is 1. The van der Waals surface area contributed by atoms with E-state index in [2.05, 4.69) is 4.98 Å². The first-order chi connectivity index (χ1) is 11.9. The number of fused-ring (bicyclic) bond motifs is 1. The molecule has 0 N–H and O–H groups in total. The number of pyridine rings is 1. The Hall–Kier alpha value is -2.53. The van der Waals surface area contributed by atoms with E-state index in [4.69, 9.17) is 4.74 Å². The number of carbonyl (C=O) groups excluding carboxylic acids is 2. The molecule has 0 saturated heterocycles. The highest BCUT2D eigenvalue weighted by molar-refractivity contribution is 7.13. The SMILES string of the molecule is CC(C)(C)C(=O)COC(=O)c1cc(-c2cccs2)nc2ccccc12. The van der Waals surface area contributed by atoms with Crippen molar-refractivity contribution in [1.82, 2.24) is 4.98 Å². The second-order valence-electron chi connectivity index (χ2n) is 6.80. The molecule has 1 aromatic carbocycles. The molecule has 0 fully saturated rings. The van der Waals surface area contributed by atoms with Crippen LogP contribution in [0.15, 0.2) is 47.8 Å². The number of benzene rings is 1. The second kappa shape index (κ2) is 6.76. The van der Waals surface area contributed by atoms with Gasteiger partial charge in [0.05, 0.1) is 21.7 Å². The van der Waals surface area contributed by atoms with Gasteiger partial charge in [-0.3, -0.25) is 4.79 Å². The monoisotopic (exact) mass is 353 g/mol. The molecule has 0 unspecified atom stereocenters. The molecule has 3 aromatic rings. The van der Waals surface area contributed by atoms with Crippen LogP contribution in [0.3, 0.4) is 0 Å². The van der Waals surface area contributed by atoms with E-state index in [1.165, 1.54) is 0 Å². The zero-order chi connectivity index (χ0) is 18.0. The largest absolute Gasteiger partial charge is 0.454 e. The van der Waals surface area contributed by atoms with Crippen molar-refractivity contribution in [3.05, 3.63) is 53.4 Å². The van der Waals surface area contributed by atoms with Gasteiger partial charge in [-0.25, -0.2) is 9.78 Å². The van der Waals surface area contributed by atoms with E-state index in [0.29, 0.717) is 5.56 Å². The lowest BCUT2D eigenvalue weighted by Crippen LogP contribution is -2.26. The van der Waals surface area contributed by atoms with Crippen molar-refractivity contribution < 1.29 is 14.3 Å². The molecule has 0 aliphatic rings. The van der Waals surface area contributed by atoms with E-state index in [1.54, 1.807) is 38.2 Å². The van der Waals surface area contributed by atoms with Gasteiger partial charge >= 0.3 is 5.97 Å². The van der Waals surface area contributed by atoms with Crippen LogP contribution in [0.2, 0.25) is 0 Å². The zero-order valence-electron chi connectivity index (χ0n) is 14.4. The molecule has 0 aliphatic heterocycles. The van der Waals surface area contributed by atoms with E-state index in [9.17, 15) is 9.59 Å². The molecule has 2 heterocycles. The summed E-state index contributed by atoms with van der Waals surface area (Å²) in [4.78, 5) is 30.3. The van der Waals surface area contributed by atoms with Gasteiger partial charge in [0.1, 0.15) is 0 Å². The van der Waals surface area contributed by atoms with Gasteiger partial charge in [-0.05, 0) is 23.6 Å². The summed E-state index contributed by atoms with van der Waals surface area (Å²) in [5, 5.41) is 2.68. The van der Waals surface area contributed by atoms with E-state index in [-0.39, 0.29) is 12.4 Å². The van der Waals surface area contributed by atoms with E-state index in [0.717, 1.165) is 21.5 Å². The van der Waals surface area contributed by atoms with Crippen LogP contribution in [-0.4, -0.2) is 23.3 Å². The highest BCUT2D eigenvalue weighted by Crippen LogP contribution is 2.28. The lowest BCUT2D eigenvalue weighted by Gasteiger charge is -2.16. The minimum Gasteiger partial charge on any atom is -0.454 e. The van der Waals surface area contributed by atoms with Gasteiger partial charge in [0.25, 0.3) is 0 Å². The van der Waals surface area contributed by atoms with Gasteiger partial charge in [-0.1, -0.05) is 45.0 Å². The Morgan fingerprint density at radius 3 is 2.56 bits per heavy atom. The molecular formula is C20H19NO3S. The van der Waals surface area contributed by atoms with Crippen molar-refractivity contribution in [2.75, 3.05) is 6.61 Å². The maximum Gasteiger partial charge on any atom is 0.339 e. The summed E-state index contributed by atoms with van der Waals surface area (Å²) in [6.45, 7) is 5.19. The van der Waals surface area contributed by atoms with Crippen LogP contribution >= 0.6 is 11.3 Å². The van der Waals surface area contributed by atoms with Crippen LogP contribution in [0.5, 0.6) is 0 Å². The summed E-state index contributed by atoms with van der Waals surface area (Å²) < 4.78 is 5.28. The number of Topliss-reactive ketones (excluding diaryl/α,β-unsaturated/α-hetero) is 1. The van der Waals surface area contributed by atoms with Gasteiger partial charge in [0.15, 0.2) is 12.4 Å². The van der Waals surface area contributed by atoms with Crippen molar-refractivity contribution in [2.24, 2.45) is 5.41 Å². The van der Waals surface area contributed by atoms with E-state index < -0.39 is 11.4 Å². The lowest BCUT2D eigenvalue weighted by atomic mass is 9.91. The first kappa shape index (κ1) is 17.3. The first-order valence-electron chi connectivity index (χ1n) is 8.00. The zero-order valence-corrected chi connectivity index (χ0v) is 15.2. The minimum absolute atomic E-state index is 0.113. The molecule has 4 nitrogen and oxygen atoms in total. The number of hydrogen-bond donors (Lipinski definition) is 0.